The summed E-state index contributed by atoms with van der Waals surface area (Å²) in [5, 5.41) is 0. The van der Waals surface area contributed by atoms with Crippen LogP contribution in [0.15, 0.2) is 0 Å². The number of piperidine rings is 2. The summed E-state index contributed by atoms with van der Waals surface area (Å²) >= 11 is 0. The highest BCUT2D eigenvalue weighted by atomic mass is 28.4. The zero-order valence-electron chi connectivity index (χ0n) is 18.2. The Labute approximate surface area is 168 Å². The molecule has 0 amide bonds. The van der Waals surface area contributed by atoms with E-state index >= 15 is 0 Å². The van der Waals surface area contributed by atoms with Crippen LogP contribution in [0.2, 0.25) is 0 Å². The van der Waals surface area contributed by atoms with Crippen LogP contribution in [0.5, 0.6) is 0 Å². The molecule has 0 aromatic carbocycles. The van der Waals surface area contributed by atoms with Gasteiger partial charge in [0, 0.05) is 38.4 Å². The Morgan fingerprint density at radius 2 is 1.00 bits per heavy atom. The largest absolute Gasteiger partial charge is 0.522 e. The Bertz CT molecular complexity index is 461. The Morgan fingerprint density at radius 1 is 0.593 bits per heavy atom. The summed E-state index contributed by atoms with van der Waals surface area (Å²) < 4.78 is 18.8. The van der Waals surface area contributed by atoms with Crippen molar-refractivity contribution in [3.05, 3.63) is 0 Å². The molecule has 2 aliphatic carbocycles. The Morgan fingerprint density at radius 3 is 1.41 bits per heavy atom. The predicted octanol–water partition coefficient (Wildman–Crippen LogP) is 4.80. The van der Waals surface area contributed by atoms with Crippen LogP contribution in [0.3, 0.4) is 0 Å². The fourth-order valence-electron chi connectivity index (χ4n) is 7.24. The van der Waals surface area contributed by atoms with Gasteiger partial charge in [-0.25, -0.2) is 0 Å². The molecule has 2 heterocycles. The van der Waals surface area contributed by atoms with Gasteiger partial charge in [0.05, 0.1) is 0 Å². The van der Waals surface area contributed by atoms with E-state index in [1.54, 1.807) is 0 Å². The SMILES string of the molecule is CO[Si](OC)(N1C(C)CCC2CCCCC21)N1C(C)CCC2CCCCC21. The second-order valence-corrected chi connectivity index (χ2v) is 12.8. The molecule has 0 N–H and O–H groups in total. The van der Waals surface area contributed by atoms with Crippen LogP contribution in [-0.4, -0.2) is 56.4 Å². The van der Waals surface area contributed by atoms with Crippen LogP contribution in [0.4, 0.5) is 0 Å². The lowest BCUT2D eigenvalue weighted by Crippen LogP contribution is -2.79. The van der Waals surface area contributed by atoms with E-state index in [0.717, 1.165) is 11.8 Å². The van der Waals surface area contributed by atoms with Crippen molar-refractivity contribution in [2.24, 2.45) is 11.8 Å². The molecule has 4 rings (SSSR count). The van der Waals surface area contributed by atoms with E-state index in [-0.39, 0.29) is 0 Å². The average Bonchev–Trinajstić information content (AvgIpc) is 2.71. The lowest BCUT2D eigenvalue weighted by molar-refractivity contribution is -0.0396. The zero-order valence-corrected chi connectivity index (χ0v) is 19.2. The second-order valence-electron chi connectivity index (χ2n) is 9.85. The van der Waals surface area contributed by atoms with E-state index in [0.29, 0.717) is 24.2 Å². The minimum absolute atomic E-state index is 0.576. The molecular formula is C22H42N2O2Si. The first-order chi connectivity index (χ1) is 13.1. The summed E-state index contributed by atoms with van der Waals surface area (Å²) in [6.45, 7) is 4.88. The van der Waals surface area contributed by atoms with Crippen molar-refractivity contribution in [1.29, 1.82) is 0 Å². The Kier molecular flexibility index (Phi) is 6.35. The minimum atomic E-state index is -2.62. The van der Waals surface area contributed by atoms with E-state index in [1.165, 1.54) is 77.0 Å². The van der Waals surface area contributed by atoms with Gasteiger partial charge in [-0.15, -0.1) is 0 Å². The predicted molar refractivity (Wildman–Crippen MR) is 112 cm³/mol. The second kappa shape index (κ2) is 8.43. The quantitative estimate of drug-likeness (QED) is 0.639. The van der Waals surface area contributed by atoms with Gasteiger partial charge in [-0.3, -0.25) is 9.13 Å². The minimum Gasteiger partial charge on any atom is -0.374 e. The Hall–Kier alpha value is 0.0569. The third-order valence-electron chi connectivity index (χ3n) is 8.50. The summed E-state index contributed by atoms with van der Waals surface area (Å²) in [6.07, 6.45) is 16.5. The van der Waals surface area contributed by atoms with Crippen molar-refractivity contribution in [2.45, 2.75) is 115 Å². The molecule has 5 heteroatoms. The number of fused-ring (bicyclic) bond motifs is 2. The lowest BCUT2D eigenvalue weighted by atomic mass is 9.78. The van der Waals surface area contributed by atoms with E-state index in [2.05, 4.69) is 23.0 Å². The van der Waals surface area contributed by atoms with Gasteiger partial charge in [0.2, 0.25) is 0 Å². The summed E-state index contributed by atoms with van der Waals surface area (Å²) in [5.41, 5.74) is 0. The van der Waals surface area contributed by atoms with Crippen LogP contribution < -0.4 is 0 Å². The molecule has 4 nitrogen and oxygen atoms in total. The summed E-state index contributed by atoms with van der Waals surface area (Å²) in [6, 6.07) is 2.50. The van der Waals surface area contributed by atoms with Crippen LogP contribution in [-0.2, 0) is 8.85 Å². The molecule has 0 aromatic rings. The van der Waals surface area contributed by atoms with Crippen molar-refractivity contribution in [3.63, 3.8) is 0 Å². The molecule has 2 aliphatic heterocycles. The van der Waals surface area contributed by atoms with Crippen LogP contribution in [0.25, 0.3) is 0 Å². The first-order valence-electron chi connectivity index (χ1n) is 11.8. The van der Waals surface area contributed by atoms with Gasteiger partial charge in [-0.2, -0.15) is 0 Å². The molecular weight excluding hydrogens is 352 g/mol. The highest BCUT2D eigenvalue weighted by Gasteiger charge is 2.61. The molecule has 27 heavy (non-hydrogen) atoms. The van der Waals surface area contributed by atoms with Crippen molar-refractivity contribution in [3.8, 4) is 0 Å². The summed E-state index contributed by atoms with van der Waals surface area (Å²) in [5.74, 6) is 1.71. The average molecular weight is 395 g/mol. The van der Waals surface area contributed by atoms with Gasteiger partial charge in [-0.05, 0) is 77.0 Å². The van der Waals surface area contributed by atoms with Gasteiger partial charge in [0.15, 0.2) is 0 Å². The summed E-state index contributed by atoms with van der Waals surface area (Å²) in [4.78, 5) is 0. The molecule has 0 spiro atoms. The van der Waals surface area contributed by atoms with E-state index < -0.39 is 8.88 Å². The van der Waals surface area contributed by atoms with Gasteiger partial charge in [-0.1, -0.05) is 25.7 Å². The van der Waals surface area contributed by atoms with E-state index in [4.69, 9.17) is 8.85 Å². The molecule has 0 radical (unpaired) electrons. The fraction of sp³-hybridized carbons (Fsp3) is 1.00. The maximum Gasteiger partial charge on any atom is 0.522 e. The van der Waals surface area contributed by atoms with E-state index in [1.807, 2.05) is 14.2 Å². The molecule has 4 aliphatic rings. The molecule has 0 aromatic heterocycles. The van der Waals surface area contributed by atoms with Crippen molar-refractivity contribution >= 4 is 8.88 Å². The molecule has 0 bridgehead atoms. The molecule has 4 fully saturated rings. The fourth-order valence-corrected chi connectivity index (χ4v) is 11.4. The number of hydrogen-bond acceptors (Lipinski definition) is 4. The van der Waals surface area contributed by atoms with Crippen LogP contribution in [0, 0.1) is 11.8 Å². The third-order valence-corrected chi connectivity index (χ3v) is 12.4. The van der Waals surface area contributed by atoms with Crippen LogP contribution in [0.1, 0.15) is 90.9 Å². The smallest absolute Gasteiger partial charge is 0.374 e. The van der Waals surface area contributed by atoms with Crippen molar-refractivity contribution in [2.75, 3.05) is 14.2 Å². The topological polar surface area (TPSA) is 24.9 Å². The monoisotopic (exact) mass is 394 g/mol. The molecule has 2 saturated carbocycles. The van der Waals surface area contributed by atoms with Crippen molar-refractivity contribution in [1.82, 2.24) is 9.13 Å². The van der Waals surface area contributed by atoms with Crippen LogP contribution >= 0.6 is 0 Å². The first-order valence-corrected chi connectivity index (χ1v) is 13.5. The maximum atomic E-state index is 6.57. The molecule has 2 saturated heterocycles. The van der Waals surface area contributed by atoms with E-state index in [9.17, 15) is 0 Å². The van der Waals surface area contributed by atoms with Crippen molar-refractivity contribution < 1.29 is 8.85 Å². The van der Waals surface area contributed by atoms with Gasteiger partial charge >= 0.3 is 8.88 Å². The highest BCUT2D eigenvalue weighted by Crippen LogP contribution is 2.46. The molecule has 6 unspecified atom stereocenters. The zero-order chi connectivity index (χ0) is 19.0. The first kappa shape index (κ1) is 20.3. The number of hydrogen-bond donors (Lipinski definition) is 0. The summed E-state index contributed by atoms with van der Waals surface area (Å²) in [7, 11) is 1.29. The van der Waals surface area contributed by atoms with Gasteiger partial charge in [0.25, 0.3) is 0 Å². The molecule has 156 valence electrons. The Balaban J connectivity index is 1.71. The third kappa shape index (κ3) is 3.46. The highest BCUT2D eigenvalue weighted by molar-refractivity contribution is 6.61. The van der Waals surface area contributed by atoms with Gasteiger partial charge < -0.3 is 8.85 Å². The molecule has 6 atom stereocenters. The van der Waals surface area contributed by atoms with Gasteiger partial charge in [0.1, 0.15) is 0 Å². The number of nitrogens with zero attached hydrogens (tertiary/aromatic N) is 2. The number of rotatable bonds is 4. The standard InChI is InChI=1S/C22H42N2O2Si/c1-17-13-15-19-9-5-7-11-21(19)23(17)27(25-3,26-4)24-18(2)14-16-20-10-6-8-12-22(20)24/h17-22H,5-16H2,1-4H3. The maximum absolute atomic E-state index is 6.57. The normalized spacial score (nSPS) is 41.8. The lowest BCUT2D eigenvalue weighted by Gasteiger charge is -2.60.